The molecule has 0 fully saturated rings. The first-order valence-electron chi connectivity index (χ1n) is 4.20. The van der Waals surface area contributed by atoms with Crippen molar-refractivity contribution in [3.8, 4) is 0 Å². The van der Waals surface area contributed by atoms with Crippen LogP contribution in [0, 0.1) is 22.9 Å². The van der Waals surface area contributed by atoms with Crippen LogP contribution in [0.15, 0.2) is 12.1 Å². The first-order valence-corrected chi connectivity index (χ1v) is 4.20. The van der Waals surface area contributed by atoms with E-state index in [0.717, 1.165) is 6.07 Å². The van der Waals surface area contributed by atoms with E-state index in [2.05, 4.69) is 0 Å². The van der Waals surface area contributed by atoms with Crippen LogP contribution in [-0.4, -0.2) is 21.1 Å². The summed E-state index contributed by atoms with van der Waals surface area (Å²) < 4.78 is 13.2. The summed E-state index contributed by atoms with van der Waals surface area (Å²) in [4.78, 5) is 19.9. The number of hydrogen-bond acceptors (Lipinski definition) is 4. The van der Waals surface area contributed by atoms with Gasteiger partial charge in [0.2, 0.25) is 5.82 Å². The first kappa shape index (κ1) is 12.1. The lowest BCUT2D eigenvalue weighted by atomic mass is 10.0. The molecule has 2 N–H and O–H groups in total. The highest BCUT2D eigenvalue weighted by Crippen LogP contribution is 2.26. The number of aliphatic hydroxyl groups excluding tert-OH is 1. The third-order valence-corrected chi connectivity index (χ3v) is 2.06. The molecule has 6 nitrogen and oxygen atoms in total. The van der Waals surface area contributed by atoms with Gasteiger partial charge in [0.05, 0.1) is 4.92 Å². The van der Waals surface area contributed by atoms with E-state index in [4.69, 9.17) is 5.11 Å². The van der Waals surface area contributed by atoms with Crippen molar-refractivity contribution in [3.05, 3.63) is 39.2 Å². The first-order chi connectivity index (χ1) is 7.34. The van der Waals surface area contributed by atoms with Crippen molar-refractivity contribution in [1.82, 2.24) is 0 Å². The van der Waals surface area contributed by atoms with E-state index in [-0.39, 0.29) is 11.1 Å². The van der Waals surface area contributed by atoms with E-state index in [0.29, 0.717) is 6.07 Å². The topological polar surface area (TPSA) is 101 Å². The summed E-state index contributed by atoms with van der Waals surface area (Å²) in [6, 6.07) is 1.54. The Balaban J connectivity index is 3.31. The second-order valence-corrected chi connectivity index (χ2v) is 3.16. The predicted octanol–water partition coefficient (Wildman–Crippen LogP) is 1.16. The summed E-state index contributed by atoms with van der Waals surface area (Å²) in [5.74, 6) is -2.72. The fourth-order valence-corrected chi connectivity index (χ4v) is 1.25. The normalized spacial score (nSPS) is 12.2. The molecule has 0 bridgehead atoms. The Bertz CT molecular complexity index is 459. The number of nitro groups is 1. The number of carbonyl (C=O) groups is 1. The molecule has 0 saturated heterocycles. The van der Waals surface area contributed by atoms with Crippen molar-refractivity contribution in [2.24, 2.45) is 0 Å². The van der Waals surface area contributed by atoms with Gasteiger partial charge < -0.3 is 10.2 Å². The number of aryl methyl sites for hydroxylation is 1. The molecular formula is C9H8FNO5. The summed E-state index contributed by atoms with van der Waals surface area (Å²) in [7, 11) is 0. The summed E-state index contributed by atoms with van der Waals surface area (Å²) >= 11 is 0. The molecule has 1 aromatic rings. The molecule has 7 heteroatoms. The molecule has 1 atom stereocenters. The lowest BCUT2D eigenvalue weighted by Gasteiger charge is -2.09. The Morgan fingerprint density at radius 1 is 1.56 bits per heavy atom. The molecule has 1 rings (SSSR count). The van der Waals surface area contributed by atoms with Gasteiger partial charge in [-0.05, 0) is 24.1 Å². The van der Waals surface area contributed by atoms with Gasteiger partial charge in [0.15, 0.2) is 6.10 Å². The molecule has 1 aromatic carbocycles. The van der Waals surface area contributed by atoms with Gasteiger partial charge in [0.1, 0.15) is 0 Å². The summed E-state index contributed by atoms with van der Waals surface area (Å²) in [5.41, 5.74) is -0.808. The maximum absolute atomic E-state index is 13.2. The van der Waals surface area contributed by atoms with Crippen LogP contribution in [0.25, 0.3) is 0 Å². The Hall–Kier alpha value is -2.02. The van der Waals surface area contributed by atoms with Crippen molar-refractivity contribution in [1.29, 1.82) is 0 Å². The number of nitro benzene ring substituents is 1. The van der Waals surface area contributed by atoms with Gasteiger partial charge in [-0.15, -0.1) is 0 Å². The monoisotopic (exact) mass is 229 g/mol. The lowest BCUT2D eigenvalue weighted by Crippen LogP contribution is -2.12. The van der Waals surface area contributed by atoms with Crippen LogP contribution < -0.4 is 0 Å². The molecule has 0 aliphatic rings. The van der Waals surface area contributed by atoms with E-state index in [1.807, 2.05) is 0 Å². The van der Waals surface area contributed by atoms with Crippen LogP contribution in [-0.2, 0) is 4.79 Å². The largest absolute Gasteiger partial charge is 0.479 e. The third kappa shape index (κ3) is 2.14. The second-order valence-electron chi connectivity index (χ2n) is 3.16. The average Bonchev–Trinajstić information content (AvgIpc) is 2.19. The van der Waals surface area contributed by atoms with Gasteiger partial charge in [0, 0.05) is 6.07 Å². The number of aliphatic hydroxyl groups is 1. The van der Waals surface area contributed by atoms with Crippen molar-refractivity contribution < 1.29 is 24.3 Å². The SMILES string of the molecule is Cc1cc([N+](=O)[O-])c(F)cc1C(O)C(=O)O. The van der Waals surface area contributed by atoms with Gasteiger partial charge in [0.25, 0.3) is 0 Å². The predicted molar refractivity (Wildman–Crippen MR) is 50.4 cm³/mol. The molecule has 86 valence electrons. The zero-order valence-corrected chi connectivity index (χ0v) is 8.18. The smallest absolute Gasteiger partial charge is 0.337 e. The summed E-state index contributed by atoms with van der Waals surface area (Å²) in [6.07, 6.45) is -1.89. The van der Waals surface area contributed by atoms with E-state index >= 15 is 0 Å². The fraction of sp³-hybridized carbons (Fsp3) is 0.222. The second kappa shape index (κ2) is 4.23. The number of halogens is 1. The lowest BCUT2D eigenvalue weighted by molar-refractivity contribution is -0.387. The van der Waals surface area contributed by atoms with Crippen molar-refractivity contribution in [2.75, 3.05) is 0 Å². The van der Waals surface area contributed by atoms with Gasteiger partial charge >= 0.3 is 11.7 Å². The highest BCUT2D eigenvalue weighted by molar-refractivity contribution is 5.74. The van der Waals surface area contributed by atoms with Crippen LogP contribution in [0.2, 0.25) is 0 Å². The molecule has 0 radical (unpaired) electrons. The van der Waals surface area contributed by atoms with E-state index < -0.39 is 28.5 Å². The number of hydrogen-bond donors (Lipinski definition) is 2. The molecule has 0 aliphatic carbocycles. The van der Waals surface area contributed by atoms with Crippen LogP contribution >= 0.6 is 0 Å². The van der Waals surface area contributed by atoms with Crippen LogP contribution in [0.5, 0.6) is 0 Å². The zero-order valence-electron chi connectivity index (χ0n) is 8.18. The minimum atomic E-state index is -1.89. The number of carboxylic acid groups (broad SMARTS) is 1. The quantitative estimate of drug-likeness (QED) is 0.598. The van der Waals surface area contributed by atoms with E-state index in [9.17, 15) is 24.4 Å². The molecule has 0 amide bonds. The van der Waals surface area contributed by atoms with Crippen LogP contribution in [0.4, 0.5) is 10.1 Å². The number of benzene rings is 1. The summed E-state index contributed by atoms with van der Waals surface area (Å²) in [6.45, 7) is 1.36. The molecule has 16 heavy (non-hydrogen) atoms. The molecular weight excluding hydrogens is 221 g/mol. The van der Waals surface area contributed by atoms with Crippen LogP contribution in [0.3, 0.4) is 0 Å². The number of aliphatic carboxylic acids is 1. The minimum Gasteiger partial charge on any atom is -0.479 e. The molecule has 0 saturated carbocycles. The Morgan fingerprint density at radius 3 is 2.56 bits per heavy atom. The number of nitrogens with zero attached hydrogens (tertiary/aromatic N) is 1. The highest BCUT2D eigenvalue weighted by atomic mass is 19.1. The molecule has 0 aliphatic heterocycles. The Labute approximate surface area is 89.1 Å². The fourth-order valence-electron chi connectivity index (χ4n) is 1.25. The minimum absolute atomic E-state index is 0.142. The Morgan fingerprint density at radius 2 is 2.12 bits per heavy atom. The molecule has 1 unspecified atom stereocenters. The molecule has 0 spiro atoms. The molecule has 0 aromatic heterocycles. The standard InChI is InChI=1S/C9H8FNO5/c1-4-2-7(11(15)16)6(10)3-5(4)8(12)9(13)14/h2-3,8,12H,1H3,(H,13,14). The summed E-state index contributed by atoms with van der Waals surface area (Å²) in [5, 5.41) is 28.1. The van der Waals surface area contributed by atoms with Gasteiger partial charge in [-0.3, -0.25) is 10.1 Å². The zero-order chi connectivity index (χ0) is 12.5. The number of carboxylic acids is 1. The molecule has 0 heterocycles. The van der Waals surface area contributed by atoms with Crippen LogP contribution in [0.1, 0.15) is 17.2 Å². The third-order valence-electron chi connectivity index (χ3n) is 2.06. The van der Waals surface area contributed by atoms with E-state index in [1.165, 1.54) is 6.92 Å². The maximum atomic E-state index is 13.2. The van der Waals surface area contributed by atoms with E-state index in [1.54, 1.807) is 0 Å². The van der Waals surface area contributed by atoms with Crippen molar-refractivity contribution in [2.45, 2.75) is 13.0 Å². The van der Waals surface area contributed by atoms with Gasteiger partial charge in [-0.2, -0.15) is 4.39 Å². The highest BCUT2D eigenvalue weighted by Gasteiger charge is 2.23. The van der Waals surface area contributed by atoms with Crippen molar-refractivity contribution in [3.63, 3.8) is 0 Å². The number of rotatable bonds is 3. The van der Waals surface area contributed by atoms with Gasteiger partial charge in [-0.1, -0.05) is 0 Å². The average molecular weight is 229 g/mol. The van der Waals surface area contributed by atoms with Gasteiger partial charge in [-0.25, -0.2) is 4.79 Å². The Kier molecular flexibility index (Phi) is 3.19. The maximum Gasteiger partial charge on any atom is 0.337 e. The van der Waals surface area contributed by atoms with Crippen molar-refractivity contribution >= 4 is 11.7 Å².